The smallest absolute Gasteiger partial charge is 0.335 e. The van der Waals surface area contributed by atoms with Gasteiger partial charge in [0.05, 0.1) is 5.56 Å². The highest BCUT2D eigenvalue weighted by Gasteiger charge is 2.15. The number of phenolic OH excluding ortho intramolecular Hbond substituents is 1. The Balaban J connectivity index is 2.59. The zero-order valence-corrected chi connectivity index (χ0v) is 14.4. The van der Waals surface area contributed by atoms with E-state index in [-0.39, 0.29) is 11.3 Å². The lowest BCUT2D eigenvalue weighted by Gasteiger charge is -2.17. The molecule has 2 unspecified atom stereocenters. The number of rotatable bonds is 10. The van der Waals surface area contributed by atoms with Crippen LogP contribution in [-0.4, -0.2) is 22.5 Å². The minimum atomic E-state index is -0.973. The number of carbonyl (C=O) groups is 2. The van der Waals surface area contributed by atoms with Gasteiger partial charge in [0.25, 0.3) is 0 Å². The summed E-state index contributed by atoms with van der Waals surface area (Å²) in [6.07, 6.45) is 7.42. The van der Waals surface area contributed by atoms with Crippen molar-refractivity contribution in [2.24, 2.45) is 11.8 Å². The molecule has 1 rings (SSSR count). The van der Waals surface area contributed by atoms with Crippen LogP contribution in [0.3, 0.4) is 0 Å². The van der Waals surface area contributed by atoms with Gasteiger partial charge in [0, 0.05) is 6.42 Å². The number of carboxylic acid groups (broad SMARTS) is 1. The maximum absolute atomic E-state index is 11.3. The summed E-state index contributed by atoms with van der Waals surface area (Å²) in [5.41, 5.74) is 1.90. The third-order valence-corrected chi connectivity index (χ3v) is 4.18. The molecule has 0 saturated heterocycles. The first-order valence-electron chi connectivity index (χ1n) is 8.19. The molecular formula is C20H26O4. The quantitative estimate of drug-likeness (QED) is 0.493. The van der Waals surface area contributed by atoms with Crippen molar-refractivity contribution in [2.45, 2.75) is 39.5 Å². The molecule has 0 radical (unpaired) electrons. The van der Waals surface area contributed by atoms with Gasteiger partial charge in [-0.2, -0.15) is 0 Å². The fourth-order valence-corrected chi connectivity index (χ4v) is 2.59. The summed E-state index contributed by atoms with van der Waals surface area (Å²) in [5, 5.41) is 18.8. The molecule has 0 aliphatic rings. The molecule has 24 heavy (non-hydrogen) atoms. The number of benzene rings is 1. The minimum absolute atomic E-state index is 0.0873. The van der Waals surface area contributed by atoms with Crippen LogP contribution >= 0.6 is 0 Å². The molecule has 0 saturated carbocycles. The van der Waals surface area contributed by atoms with E-state index < -0.39 is 5.97 Å². The van der Waals surface area contributed by atoms with Gasteiger partial charge in [0.15, 0.2) is 0 Å². The van der Waals surface area contributed by atoms with Crippen LogP contribution in [-0.2, 0) is 11.2 Å². The second-order valence-electron chi connectivity index (χ2n) is 6.31. The molecule has 2 N–H and O–H groups in total. The van der Waals surface area contributed by atoms with E-state index in [1.165, 1.54) is 18.2 Å². The van der Waals surface area contributed by atoms with Crippen LogP contribution in [0.25, 0.3) is 0 Å². The molecule has 0 aliphatic heterocycles. The number of carbonyl (C=O) groups excluding carboxylic acids is 1. The van der Waals surface area contributed by atoms with Crippen molar-refractivity contribution in [3.8, 4) is 5.75 Å². The monoisotopic (exact) mass is 330 g/mol. The van der Waals surface area contributed by atoms with Crippen LogP contribution in [0.5, 0.6) is 5.75 Å². The first-order chi connectivity index (χ1) is 11.3. The van der Waals surface area contributed by atoms with Crippen molar-refractivity contribution in [1.82, 2.24) is 0 Å². The normalized spacial score (nSPS) is 13.6. The lowest BCUT2D eigenvalue weighted by atomic mass is 9.88. The zero-order chi connectivity index (χ0) is 18.1. The van der Waals surface area contributed by atoms with E-state index in [9.17, 15) is 19.8 Å². The van der Waals surface area contributed by atoms with Gasteiger partial charge in [-0.25, -0.2) is 4.79 Å². The SMILES string of the molecule is C=C(C=CCC=O)C(C)CCC(C)Cc1cc(O)ccc1C(=O)O. The third kappa shape index (κ3) is 6.41. The summed E-state index contributed by atoms with van der Waals surface area (Å²) in [6.45, 7) is 8.20. The largest absolute Gasteiger partial charge is 0.508 e. The van der Waals surface area contributed by atoms with Crippen molar-refractivity contribution in [3.05, 3.63) is 53.6 Å². The molecule has 0 aliphatic carbocycles. The second-order valence-corrected chi connectivity index (χ2v) is 6.31. The summed E-state index contributed by atoms with van der Waals surface area (Å²) in [5.74, 6) is -0.291. The Kier molecular flexibility index (Phi) is 7.96. The Hall–Kier alpha value is -2.36. The Morgan fingerprint density at radius 2 is 2.00 bits per heavy atom. The predicted molar refractivity (Wildman–Crippen MR) is 95.3 cm³/mol. The van der Waals surface area contributed by atoms with Crippen molar-refractivity contribution in [2.75, 3.05) is 0 Å². The molecular weight excluding hydrogens is 304 g/mol. The van der Waals surface area contributed by atoms with Crippen molar-refractivity contribution >= 4 is 12.3 Å². The van der Waals surface area contributed by atoms with Gasteiger partial charge in [0.1, 0.15) is 12.0 Å². The van der Waals surface area contributed by atoms with Crippen molar-refractivity contribution < 1.29 is 19.8 Å². The maximum Gasteiger partial charge on any atom is 0.335 e. The molecule has 0 bridgehead atoms. The van der Waals surface area contributed by atoms with Crippen LogP contribution in [0.4, 0.5) is 0 Å². The topological polar surface area (TPSA) is 74.6 Å². The lowest BCUT2D eigenvalue weighted by Crippen LogP contribution is -2.08. The molecule has 2 atom stereocenters. The van der Waals surface area contributed by atoms with Gasteiger partial charge in [-0.3, -0.25) is 0 Å². The van der Waals surface area contributed by atoms with Crippen molar-refractivity contribution in [3.63, 3.8) is 0 Å². The Bertz CT molecular complexity index is 616. The van der Waals surface area contributed by atoms with Gasteiger partial charge in [-0.05, 0) is 54.9 Å². The summed E-state index contributed by atoms with van der Waals surface area (Å²) in [7, 11) is 0. The fourth-order valence-electron chi connectivity index (χ4n) is 2.59. The highest BCUT2D eigenvalue weighted by Crippen LogP contribution is 2.25. The zero-order valence-electron chi connectivity index (χ0n) is 14.4. The average molecular weight is 330 g/mol. The fraction of sp³-hybridized carbons (Fsp3) is 0.400. The molecule has 0 aromatic heterocycles. The predicted octanol–water partition coefficient (Wildman–Crippen LogP) is 4.39. The van der Waals surface area contributed by atoms with Gasteiger partial charge in [-0.1, -0.05) is 38.2 Å². The Labute approximate surface area is 143 Å². The molecule has 130 valence electrons. The van der Waals surface area contributed by atoms with E-state index in [1.807, 2.05) is 6.08 Å². The highest BCUT2D eigenvalue weighted by atomic mass is 16.4. The number of aldehydes is 1. The molecule has 1 aromatic rings. The molecule has 4 heteroatoms. The average Bonchev–Trinajstić information content (AvgIpc) is 2.52. The lowest BCUT2D eigenvalue weighted by molar-refractivity contribution is -0.107. The first-order valence-corrected chi connectivity index (χ1v) is 8.19. The van der Waals surface area contributed by atoms with Crippen LogP contribution in [0.15, 0.2) is 42.5 Å². The van der Waals surface area contributed by atoms with Crippen LogP contribution in [0.1, 0.15) is 49.0 Å². The second kappa shape index (κ2) is 9.71. The summed E-state index contributed by atoms with van der Waals surface area (Å²) in [6, 6.07) is 4.38. The van der Waals surface area contributed by atoms with E-state index >= 15 is 0 Å². The molecule has 0 fully saturated rings. The van der Waals surface area contributed by atoms with Gasteiger partial charge >= 0.3 is 5.97 Å². The third-order valence-electron chi connectivity index (χ3n) is 4.18. The minimum Gasteiger partial charge on any atom is -0.508 e. The standard InChI is InChI=1S/C20H26O4/c1-14(7-8-16(3)15(2)6-4-5-11-21)12-17-13-18(22)9-10-19(17)20(23)24/h4,6,9-11,13-14,16,22H,2,5,7-8,12H2,1,3H3,(H,23,24). The molecule has 4 nitrogen and oxygen atoms in total. The van der Waals surface area contributed by atoms with E-state index in [0.717, 1.165) is 24.7 Å². The summed E-state index contributed by atoms with van der Waals surface area (Å²) < 4.78 is 0. The summed E-state index contributed by atoms with van der Waals surface area (Å²) in [4.78, 5) is 21.6. The van der Waals surface area contributed by atoms with Gasteiger partial charge in [0.2, 0.25) is 0 Å². The number of hydrogen-bond donors (Lipinski definition) is 2. The molecule has 0 amide bonds. The number of hydrogen-bond acceptors (Lipinski definition) is 3. The summed E-state index contributed by atoms with van der Waals surface area (Å²) >= 11 is 0. The number of carboxylic acids is 1. The van der Waals surface area contributed by atoms with Crippen LogP contribution in [0.2, 0.25) is 0 Å². The van der Waals surface area contributed by atoms with Gasteiger partial charge in [-0.15, -0.1) is 0 Å². The van der Waals surface area contributed by atoms with Gasteiger partial charge < -0.3 is 15.0 Å². The number of aromatic carboxylic acids is 1. The number of allylic oxidation sites excluding steroid dienone is 3. The maximum atomic E-state index is 11.3. The highest BCUT2D eigenvalue weighted by molar-refractivity contribution is 5.89. The first kappa shape index (κ1) is 19.7. The number of phenols is 1. The molecule has 0 heterocycles. The van der Waals surface area contributed by atoms with E-state index in [4.69, 9.17) is 0 Å². The molecule has 1 aromatic carbocycles. The Morgan fingerprint density at radius 3 is 2.62 bits per heavy atom. The Morgan fingerprint density at radius 1 is 1.29 bits per heavy atom. The van der Waals surface area contributed by atoms with E-state index in [2.05, 4.69) is 20.4 Å². The number of aromatic hydroxyl groups is 1. The van der Waals surface area contributed by atoms with Crippen LogP contribution < -0.4 is 0 Å². The van der Waals surface area contributed by atoms with Crippen molar-refractivity contribution in [1.29, 1.82) is 0 Å². The molecule has 0 spiro atoms. The van der Waals surface area contributed by atoms with Crippen LogP contribution in [0, 0.1) is 11.8 Å². The van der Waals surface area contributed by atoms with E-state index in [1.54, 1.807) is 6.08 Å². The van der Waals surface area contributed by atoms with E-state index in [0.29, 0.717) is 30.2 Å².